The fraction of sp³-hybridized carbons (Fsp3) is 0.667. The van der Waals surface area contributed by atoms with E-state index in [1.165, 1.54) is 0 Å². The summed E-state index contributed by atoms with van der Waals surface area (Å²) in [6.07, 6.45) is 3.20. The van der Waals surface area contributed by atoms with E-state index in [1.807, 2.05) is 11.8 Å². The van der Waals surface area contributed by atoms with Gasteiger partial charge in [-0.1, -0.05) is 0 Å². The Morgan fingerprint density at radius 1 is 1.36 bits per heavy atom. The average molecular weight is 195 g/mol. The van der Waals surface area contributed by atoms with Crippen LogP contribution in [0, 0.1) is 0 Å². The first kappa shape index (κ1) is 10.8. The third-order valence-electron chi connectivity index (χ3n) is 1.84. The molecule has 0 saturated heterocycles. The predicted octanol–water partition coefficient (Wildman–Crippen LogP) is 0.434. The van der Waals surface area contributed by atoms with Crippen molar-refractivity contribution in [3.05, 3.63) is 12.4 Å². The maximum absolute atomic E-state index is 5.75. The van der Waals surface area contributed by atoms with Crippen LogP contribution in [0.15, 0.2) is 12.4 Å². The zero-order valence-electron chi connectivity index (χ0n) is 8.88. The molecular formula is C9H17N5. The van der Waals surface area contributed by atoms with Crippen molar-refractivity contribution in [2.75, 3.05) is 11.4 Å². The summed E-state index contributed by atoms with van der Waals surface area (Å²) in [5.41, 5.74) is 5.75. The Hall–Kier alpha value is -1.23. The molecule has 0 aliphatic carbocycles. The standard InChI is InChI=1S/C9H17N5/c1-7(2)14(6-8(3)10)9-11-4-5-12-13-9/h4-5,7-8H,6,10H2,1-3H3. The van der Waals surface area contributed by atoms with Gasteiger partial charge in [0.2, 0.25) is 5.95 Å². The minimum Gasteiger partial charge on any atom is -0.336 e. The molecule has 78 valence electrons. The van der Waals surface area contributed by atoms with Gasteiger partial charge in [0.15, 0.2) is 0 Å². The third kappa shape index (κ3) is 2.92. The van der Waals surface area contributed by atoms with Crippen LogP contribution >= 0.6 is 0 Å². The highest BCUT2D eigenvalue weighted by atomic mass is 15.3. The molecule has 1 atom stereocenters. The van der Waals surface area contributed by atoms with Crippen molar-refractivity contribution >= 4 is 5.95 Å². The maximum atomic E-state index is 5.75. The van der Waals surface area contributed by atoms with Crippen LogP contribution in [0.5, 0.6) is 0 Å². The Kier molecular flexibility index (Phi) is 3.76. The smallest absolute Gasteiger partial charge is 0.245 e. The number of aromatic nitrogens is 3. The van der Waals surface area contributed by atoms with Crippen molar-refractivity contribution in [2.24, 2.45) is 5.73 Å². The Bertz CT molecular complexity index is 259. The molecule has 0 spiro atoms. The van der Waals surface area contributed by atoms with Crippen LogP contribution in [-0.2, 0) is 0 Å². The molecule has 0 aliphatic heterocycles. The van der Waals surface area contributed by atoms with Gasteiger partial charge in [0.05, 0.1) is 12.4 Å². The molecule has 0 bridgehead atoms. The van der Waals surface area contributed by atoms with Crippen LogP contribution in [0.25, 0.3) is 0 Å². The second-order valence-electron chi connectivity index (χ2n) is 3.67. The molecule has 0 radical (unpaired) electrons. The summed E-state index contributed by atoms with van der Waals surface area (Å²) < 4.78 is 0. The molecule has 0 fully saturated rings. The summed E-state index contributed by atoms with van der Waals surface area (Å²) in [6.45, 7) is 6.87. The summed E-state index contributed by atoms with van der Waals surface area (Å²) in [4.78, 5) is 6.19. The molecule has 14 heavy (non-hydrogen) atoms. The number of hydrogen-bond donors (Lipinski definition) is 1. The second-order valence-corrected chi connectivity index (χ2v) is 3.67. The largest absolute Gasteiger partial charge is 0.336 e. The first-order valence-electron chi connectivity index (χ1n) is 4.77. The number of rotatable bonds is 4. The fourth-order valence-corrected chi connectivity index (χ4v) is 1.21. The highest BCUT2D eigenvalue weighted by Crippen LogP contribution is 2.08. The highest BCUT2D eigenvalue weighted by molar-refractivity contribution is 5.28. The summed E-state index contributed by atoms with van der Waals surface area (Å²) >= 11 is 0. The van der Waals surface area contributed by atoms with Crippen molar-refractivity contribution in [1.29, 1.82) is 0 Å². The highest BCUT2D eigenvalue weighted by Gasteiger charge is 2.14. The SMILES string of the molecule is CC(N)CN(c1nccnn1)C(C)C. The third-order valence-corrected chi connectivity index (χ3v) is 1.84. The molecule has 1 unspecified atom stereocenters. The van der Waals surface area contributed by atoms with Gasteiger partial charge in [-0.3, -0.25) is 0 Å². The zero-order chi connectivity index (χ0) is 10.6. The molecule has 0 aromatic carbocycles. The molecule has 1 aromatic rings. The van der Waals surface area contributed by atoms with E-state index in [0.29, 0.717) is 12.0 Å². The minimum atomic E-state index is 0.0983. The van der Waals surface area contributed by atoms with Gasteiger partial charge in [-0.25, -0.2) is 4.98 Å². The summed E-state index contributed by atoms with van der Waals surface area (Å²) in [5, 5.41) is 7.76. The van der Waals surface area contributed by atoms with Crippen LogP contribution in [0.3, 0.4) is 0 Å². The van der Waals surface area contributed by atoms with Crippen LogP contribution in [0.1, 0.15) is 20.8 Å². The van der Waals surface area contributed by atoms with Crippen molar-refractivity contribution in [3.8, 4) is 0 Å². The maximum Gasteiger partial charge on any atom is 0.245 e. The first-order valence-corrected chi connectivity index (χ1v) is 4.77. The Morgan fingerprint density at radius 2 is 2.07 bits per heavy atom. The van der Waals surface area contributed by atoms with Gasteiger partial charge in [0.1, 0.15) is 0 Å². The van der Waals surface area contributed by atoms with Gasteiger partial charge in [0.25, 0.3) is 0 Å². The van der Waals surface area contributed by atoms with E-state index in [-0.39, 0.29) is 6.04 Å². The van der Waals surface area contributed by atoms with E-state index in [0.717, 1.165) is 6.54 Å². The molecule has 5 heteroatoms. The quantitative estimate of drug-likeness (QED) is 0.754. The Labute approximate surface area is 84.3 Å². The van der Waals surface area contributed by atoms with Gasteiger partial charge in [-0.15, -0.1) is 5.10 Å². The molecule has 5 nitrogen and oxygen atoms in total. The van der Waals surface area contributed by atoms with Gasteiger partial charge in [-0.05, 0) is 20.8 Å². The molecule has 0 aliphatic rings. The van der Waals surface area contributed by atoms with E-state index >= 15 is 0 Å². The lowest BCUT2D eigenvalue weighted by atomic mass is 10.2. The van der Waals surface area contributed by atoms with Gasteiger partial charge in [-0.2, -0.15) is 5.10 Å². The monoisotopic (exact) mass is 195 g/mol. The van der Waals surface area contributed by atoms with Crippen molar-refractivity contribution in [1.82, 2.24) is 15.2 Å². The predicted molar refractivity (Wildman–Crippen MR) is 56.0 cm³/mol. The van der Waals surface area contributed by atoms with Crippen LogP contribution in [-0.4, -0.2) is 33.8 Å². The molecule has 1 rings (SSSR count). The number of anilines is 1. The number of nitrogens with two attached hydrogens (primary N) is 1. The van der Waals surface area contributed by atoms with Crippen LogP contribution < -0.4 is 10.6 Å². The molecule has 1 aromatic heterocycles. The lowest BCUT2D eigenvalue weighted by Crippen LogP contribution is -2.41. The topological polar surface area (TPSA) is 67.9 Å². The molecule has 2 N–H and O–H groups in total. The zero-order valence-corrected chi connectivity index (χ0v) is 8.88. The molecule has 0 amide bonds. The molecule has 1 heterocycles. The average Bonchev–Trinajstić information content (AvgIpc) is 2.15. The fourth-order valence-electron chi connectivity index (χ4n) is 1.21. The molecule has 0 saturated carbocycles. The van der Waals surface area contributed by atoms with E-state index in [9.17, 15) is 0 Å². The Balaban J connectivity index is 2.78. The lowest BCUT2D eigenvalue weighted by molar-refractivity contribution is 0.601. The summed E-state index contributed by atoms with van der Waals surface area (Å²) in [6, 6.07) is 0.423. The van der Waals surface area contributed by atoms with E-state index in [4.69, 9.17) is 5.73 Å². The first-order chi connectivity index (χ1) is 6.61. The second kappa shape index (κ2) is 4.85. The van der Waals surface area contributed by atoms with Crippen LogP contribution in [0.4, 0.5) is 5.95 Å². The minimum absolute atomic E-state index is 0.0983. The van der Waals surface area contributed by atoms with E-state index in [2.05, 4.69) is 29.0 Å². The number of nitrogens with zero attached hydrogens (tertiary/aromatic N) is 4. The number of hydrogen-bond acceptors (Lipinski definition) is 5. The summed E-state index contributed by atoms with van der Waals surface area (Å²) in [7, 11) is 0. The summed E-state index contributed by atoms with van der Waals surface area (Å²) in [5.74, 6) is 0.639. The van der Waals surface area contributed by atoms with Crippen LogP contribution in [0.2, 0.25) is 0 Å². The van der Waals surface area contributed by atoms with Crippen molar-refractivity contribution in [2.45, 2.75) is 32.9 Å². The normalized spacial score (nSPS) is 12.9. The van der Waals surface area contributed by atoms with E-state index in [1.54, 1.807) is 12.4 Å². The lowest BCUT2D eigenvalue weighted by Gasteiger charge is -2.27. The Morgan fingerprint density at radius 3 is 2.50 bits per heavy atom. The van der Waals surface area contributed by atoms with Crippen molar-refractivity contribution < 1.29 is 0 Å². The van der Waals surface area contributed by atoms with Gasteiger partial charge >= 0.3 is 0 Å². The van der Waals surface area contributed by atoms with Gasteiger partial charge < -0.3 is 10.6 Å². The van der Waals surface area contributed by atoms with Crippen molar-refractivity contribution in [3.63, 3.8) is 0 Å². The van der Waals surface area contributed by atoms with E-state index < -0.39 is 0 Å². The molecular weight excluding hydrogens is 178 g/mol. The van der Waals surface area contributed by atoms with Gasteiger partial charge in [0, 0.05) is 18.6 Å².